The van der Waals surface area contributed by atoms with Crippen LogP contribution in [-0.4, -0.2) is 7.85 Å². The third-order valence-electron chi connectivity index (χ3n) is 3.61. The van der Waals surface area contributed by atoms with E-state index in [2.05, 4.69) is 50.2 Å². The molecule has 1 aliphatic carbocycles. The zero-order valence-corrected chi connectivity index (χ0v) is 9.62. The summed E-state index contributed by atoms with van der Waals surface area (Å²) in [6, 6.07) is 14.8. The highest BCUT2D eigenvalue weighted by atomic mass is 14.4. The fourth-order valence-electron chi connectivity index (χ4n) is 2.74. The second kappa shape index (κ2) is 3.01. The fourth-order valence-corrected chi connectivity index (χ4v) is 2.74. The van der Waals surface area contributed by atoms with Crippen LogP contribution in [0.4, 0.5) is 0 Å². The molecule has 2 aromatic carbocycles. The Morgan fingerprint density at radius 1 is 0.875 bits per heavy atom. The van der Waals surface area contributed by atoms with E-state index < -0.39 is 0 Å². The topological polar surface area (TPSA) is 0 Å². The number of fused-ring (bicyclic) bond motifs is 3. The molecule has 16 heavy (non-hydrogen) atoms. The van der Waals surface area contributed by atoms with Gasteiger partial charge in [-0.15, -0.1) is 0 Å². The van der Waals surface area contributed by atoms with Crippen LogP contribution < -0.4 is 5.46 Å². The molecular weight excluding hydrogens is 191 g/mol. The van der Waals surface area contributed by atoms with Gasteiger partial charge in [-0.3, -0.25) is 0 Å². The summed E-state index contributed by atoms with van der Waals surface area (Å²) in [4.78, 5) is 0. The first-order valence-electron chi connectivity index (χ1n) is 5.60. The van der Waals surface area contributed by atoms with Crippen molar-refractivity contribution in [1.82, 2.24) is 0 Å². The van der Waals surface area contributed by atoms with E-state index in [4.69, 9.17) is 7.85 Å². The minimum Gasteiger partial charge on any atom is -0.0960 e. The van der Waals surface area contributed by atoms with Gasteiger partial charge in [0.1, 0.15) is 7.85 Å². The van der Waals surface area contributed by atoms with E-state index >= 15 is 0 Å². The molecule has 0 fully saturated rings. The van der Waals surface area contributed by atoms with Crippen molar-refractivity contribution in [3.05, 3.63) is 53.6 Å². The van der Waals surface area contributed by atoms with E-state index in [9.17, 15) is 0 Å². The Kier molecular flexibility index (Phi) is 1.82. The van der Waals surface area contributed by atoms with Gasteiger partial charge in [0, 0.05) is 5.41 Å². The zero-order valence-electron chi connectivity index (χ0n) is 9.62. The molecule has 0 saturated heterocycles. The molecule has 0 saturated carbocycles. The molecule has 0 spiro atoms. The molecule has 1 aliphatic rings. The molecule has 0 aliphatic heterocycles. The average molecular weight is 204 g/mol. The monoisotopic (exact) mass is 204 g/mol. The minimum absolute atomic E-state index is 0.0969. The van der Waals surface area contributed by atoms with Gasteiger partial charge in [0.2, 0.25) is 0 Å². The van der Waals surface area contributed by atoms with Crippen LogP contribution >= 0.6 is 0 Å². The number of rotatable bonds is 0. The highest BCUT2D eigenvalue weighted by Crippen LogP contribution is 2.47. The van der Waals surface area contributed by atoms with Crippen molar-refractivity contribution in [3.8, 4) is 11.1 Å². The van der Waals surface area contributed by atoms with E-state index in [0.717, 1.165) is 5.46 Å². The summed E-state index contributed by atoms with van der Waals surface area (Å²) in [6.45, 7) is 4.54. The van der Waals surface area contributed by atoms with Crippen LogP contribution in [0.15, 0.2) is 42.5 Å². The molecule has 3 rings (SSSR count). The summed E-state index contributed by atoms with van der Waals surface area (Å²) in [5.41, 5.74) is 6.33. The van der Waals surface area contributed by atoms with Gasteiger partial charge in [-0.05, 0) is 22.3 Å². The van der Waals surface area contributed by atoms with Crippen molar-refractivity contribution < 1.29 is 0 Å². The molecule has 2 radical (unpaired) electrons. The van der Waals surface area contributed by atoms with E-state index in [0.29, 0.717) is 0 Å². The van der Waals surface area contributed by atoms with Crippen LogP contribution in [0, 0.1) is 0 Å². The maximum absolute atomic E-state index is 5.88. The predicted molar refractivity (Wildman–Crippen MR) is 69.4 cm³/mol. The number of hydrogen-bond donors (Lipinski definition) is 0. The number of hydrogen-bond acceptors (Lipinski definition) is 0. The second-order valence-electron chi connectivity index (χ2n) is 4.98. The molecule has 0 bridgehead atoms. The Bertz CT molecular complexity index is 567. The Labute approximate surface area is 97.7 Å². The lowest BCUT2D eigenvalue weighted by atomic mass is 9.81. The first kappa shape index (κ1) is 9.71. The van der Waals surface area contributed by atoms with Crippen molar-refractivity contribution in [2.24, 2.45) is 0 Å². The van der Waals surface area contributed by atoms with Gasteiger partial charge in [0.15, 0.2) is 0 Å². The SMILES string of the molecule is [B]c1ccc2c(c1)-c1ccccc1C2(C)C. The molecule has 0 amide bonds. The van der Waals surface area contributed by atoms with E-state index in [-0.39, 0.29) is 5.41 Å². The van der Waals surface area contributed by atoms with Crippen molar-refractivity contribution in [1.29, 1.82) is 0 Å². The van der Waals surface area contributed by atoms with Gasteiger partial charge in [-0.25, -0.2) is 0 Å². The first-order chi connectivity index (χ1) is 7.60. The molecule has 76 valence electrons. The normalized spacial score (nSPS) is 15.6. The van der Waals surface area contributed by atoms with Crippen LogP contribution in [-0.2, 0) is 5.41 Å². The van der Waals surface area contributed by atoms with Crippen molar-refractivity contribution in [2.75, 3.05) is 0 Å². The highest BCUT2D eigenvalue weighted by molar-refractivity contribution is 6.32. The third kappa shape index (κ3) is 1.12. The molecule has 1 heteroatoms. The van der Waals surface area contributed by atoms with Crippen molar-refractivity contribution >= 4 is 13.3 Å². The van der Waals surface area contributed by atoms with E-state index in [1.165, 1.54) is 22.3 Å². The van der Waals surface area contributed by atoms with Gasteiger partial charge in [-0.2, -0.15) is 0 Å². The first-order valence-corrected chi connectivity index (χ1v) is 5.60. The molecule has 0 nitrogen and oxygen atoms in total. The summed E-state index contributed by atoms with van der Waals surface area (Å²) in [7, 11) is 5.88. The Balaban J connectivity index is 2.40. The molecular formula is C15H13B. The molecule has 0 atom stereocenters. The highest BCUT2D eigenvalue weighted by Gasteiger charge is 2.34. The van der Waals surface area contributed by atoms with E-state index in [1.54, 1.807) is 0 Å². The Morgan fingerprint density at radius 2 is 1.56 bits per heavy atom. The van der Waals surface area contributed by atoms with Crippen LogP contribution in [0.1, 0.15) is 25.0 Å². The summed E-state index contributed by atoms with van der Waals surface area (Å²) in [5, 5.41) is 0. The van der Waals surface area contributed by atoms with Crippen LogP contribution in [0.5, 0.6) is 0 Å². The summed E-state index contributed by atoms with van der Waals surface area (Å²) in [5.74, 6) is 0. The maximum atomic E-state index is 5.88. The quantitative estimate of drug-likeness (QED) is 0.579. The van der Waals surface area contributed by atoms with Crippen molar-refractivity contribution in [3.63, 3.8) is 0 Å². The van der Waals surface area contributed by atoms with Gasteiger partial charge in [-0.1, -0.05) is 61.8 Å². The molecule has 0 aromatic heterocycles. The Morgan fingerprint density at radius 3 is 2.38 bits per heavy atom. The predicted octanol–water partition coefficient (Wildman–Crippen LogP) is 2.79. The van der Waals surface area contributed by atoms with Crippen LogP contribution in [0.25, 0.3) is 11.1 Å². The zero-order chi connectivity index (χ0) is 11.3. The van der Waals surface area contributed by atoms with E-state index in [1.807, 2.05) is 6.07 Å². The van der Waals surface area contributed by atoms with Crippen LogP contribution in [0.3, 0.4) is 0 Å². The minimum atomic E-state index is 0.0969. The van der Waals surface area contributed by atoms with Gasteiger partial charge in [0.05, 0.1) is 0 Å². The third-order valence-corrected chi connectivity index (χ3v) is 3.61. The average Bonchev–Trinajstić information content (AvgIpc) is 2.49. The van der Waals surface area contributed by atoms with Gasteiger partial charge in [0.25, 0.3) is 0 Å². The number of benzene rings is 2. The lowest BCUT2D eigenvalue weighted by Gasteiger charge is -2.21. The Hall–Kier alpha value is -1.50. The van der Waals surface area contributed by atoms with Crippen LogP contribution in [0.2, 0.25) is 0 Å². The second-order valence-corrected chi connectivity index (χ2v) is 4.98. The van der Waals surface area contributed by atoms with Gasteiger partial charge >= 0.3 is 0 Å². The lowest BCUT2D eigenvalue weighted by Crippen LogP contribution is -2.15. The lowest BCUT2D eigenvalue weighted by molar-refractivity contribution is 0.660. The molecule has 0 unspecified atom stereocenters. The summed E-state index contributed by atoms with van der Waals surface area (Å²) in [6.07, 6.45) is 0. The smallest absolute Gasteiger partial charge is 0.0960 e. The largest absolute Gasteiger partial charge is 0.113 e. The summed E-state index contributed by atoms with van der Waals surface area (Å²) >= 11 is 0. The summed E-state index contributed by atoms with van der Waals surface area (Å²) < 4.78 is 0. The maximum Gasteiger partial charge on any atom is 0.113 e. The van der Waals surface area contributed by atoms with Gasteiger partial charge < -0.3 is 0 Å². The molecule has 0 heterocycles. The molecule has 2 aromatic rings. The molecule has 0 N–H and O–H groups in total. The van der Waals surface area contributed by atoms with Crippen molar-refractivity contribution in [2.45, 2.75) is 19.3 Å². The standard InChI is InChI=1S/C15H13B/c1-15(2)13-6-4-3-5-11(13)12-9-10(16)7-8-14(12)15/h3-9H,1-2H3. The fraction of sp³-hybridized carbons (Fsp3) is 0.200.